The molecule has 33 heavy (non-hydrogen) atoms. The molecule has 3 aromatic rings. The molecule has 2 aromatic carbocycles. The molecule has 1 N–H and O–H groups in total. The number of halogens is 1. The van der Waals surface area contributed by atoms with E-state index < -0.39 is 0 Å². The number of fused-ring (bicyclic) bond motifs is 1. The van der Waals surface area contributed by atoms with Gasteiger partial charge in [0, 0.05) is 42.7 Å². The van der Waals surface area contributed by atoms with Gasteiger partial charge in [0.05, 0.1) is 17.2 Å². The van der Waals surface area contributed by atoms with Gasteiger partial charge in [-0.15, -0.1) is 0 Å². The van der Waals surface area contributed by atoms with Gasteiger partial charge < -0.3 is 19.4 Å². The van der Waals surface area contributed by atoms with Crippen LogP contribution in [0.15, 0.2) is 51.7 Å². The van der Waals surface area contributed by atoms with Gasteiger partial charge in [-0.1, -0.05) is 23.7 Å². The van der Waals surface area contributed by atoms with Crippen LogP contribution in [0.3, 0.4) is 0 Å². The summed E-state index contributed by atoms with van der Waals surface area (Å²) in [6, 6.07) is 12.9. The molecule has 1 amide bonds. The number of ether oxygens (including phenoxy) is 1. The summed E-state index contributed by atoms with van der Waals surface area (Å²) < 4.78 is 11.3. The summed E-state index contributed by atoms with van der Waals surface area (Å²) in [5, 5.41) is 4.52. The van der Waals surface area contributed by atoms with Crippen molar-refractivity contribution in [2.75, 3.05) is 26.2 Å². The standard InChI is InChI=1S/C26H29ClN2O4/c1-17-18(2)26(31)33-24-16-20(8-9-21(17)24)32-15-5-12-29-13-10-19(11-14-29)28-25(30)22-6-3-4-7-23(22)27/h3-4,6-9,16,19H,5,10-15H2,1-2H3,(H,28,30). The van der Waals surface area contributed by atoms with Crippen LogP contribution < -0.4 is 15.7 Å². The molecule has 0 radical (unpaired) electrons. The minimum atomic E-state index is -0.302. The molecule has 1 aromatic heterocycles. The third kappa shape index (κ3) is 5.57. The Bertz CT molecular complexity index is 1200. The predicted molar refractivity (Wildman–Crippen MR) is 130 cm³/mol. The fourth-order valence-corrected chi connectivity index (χ4v) is 4.43. The van der Waals surface area contributed by atoms with Gasteiger partial charge in [0.25, 0.3) is 5.91 Å². The summed E-state index contributed by atoms with van der Waals surface area (Å²) in [5.41, 5.74) is 2.37. The number of amides is 1. The van der Waals surface area contributed by atoms with Gasteiger partial charge in [-0.3, -0.25) is 4.79 Å². The van der Waals surface area contributed by atoms with Crippen molar-refractivity contribution in [3.8, 4) is 5.75 Å². The highest BCUT2D eigenvalue weighted by molar-refractivity contribution is 6.33. The molecule has 4 rings (SSSR count). The first-order valence-electron chi connectivity index (χ1n) is 11.4. The topological polar surface area (TPSA) is 71.8 Å². The van der Waals surface area contributed by atoms with E-state index in [1.165, 1.54) is 0 Å². The number of hydrogen-bond donors (Lipinski definition) is 1. The average molecular weight is 469 g/mol. The van der Waals surface area contributed by atoms with Crippen LogP contribution in [0.5, 0.6) is 5.75 Å². The van der Waals surface area contributed by atoms with Gasteiger partial charge in [-0.2, -0.15) is 0 Å². The number of carbonyl (C=O) groups is 1. The number of hydrogen-bond acceptors (Lipinski definition) is 5. The number of benzene rings is 2. The molecule has 0 atom stereocenters. The largest absolute Gasteiger partial charge is 0.493 e. The zero-order valence-electron chi connectivity index (χ0n) is 19.0. The minimum Gasteiger partial charge on any atom is -0.493 e. The minimum absolute atomic E-state index is 0.107. The highest BCUT2D eigenvalue weighted by atomic mass is 35.5. The molecule has 174 valence electrons. The first kappa shape index (κ1) is 23.3. The Morgan fingerprint density at radius 3 is 2.67 bits per heavy atom. The van der Waals surface area contributed by atoms with E-state index in [4.69, 9.17) is 20.8 Å². The number of likely N-dealkylation sites (tertiary alicyclic amines) is 1. The van der Waals surface area contributed by atoms with Crippen molar-refractivity contribution in [1.82, 2.24) is 10.2 Å². The third-order valence-electron chi connectivity index (χ3n) is 6.36. The van der Waals surface area contributed by atoms with E-state index in [9.17, 15) is 9.59 Å². The van der Waals surface area contributed by atoms with Crippen LogP contribution in [0, 0.1) is 13.8 Å². The van der Waals surface area contributed by atoms with E-state index in [2.05, 4.69) is 10.2 Å². The van der Waals surface area contributed by atoms with E-state index in [1.54, 1.807) is 25.1 Å². The summed E-state index contributed by atoms with van der Waals surface area (Å²) in [5.74, 6) is 0.596. The first-order chi connectivity index (χ1) is 15.9. The highest BCUT2D eigenvalue weighted by Crippen LogP contribution is 2.24. The quantitative estimate of drug-likeness (QED) is 0.401. The number of piperidine rings is 1. The molecule has 0 spiro atoms. The van der Waals surface area contributed by atoms with Gasteiger partial charge in [0.15, 0.2) is 0 Å². The molecule has 7 heteroatoms. The molecular formula is C26H29ClN2O4. The van der Waals surface area contributed by atoms with Crippen molar-refractivity contribution in [2.24, 2.45) is 0 Å². The second-order valence-electron chi connectivity index (χ2n) is 8.57. The lowest BCUT2D eigenvalue weighted by molar-refractivity contribution is 0.0909. The lowest BCUT2D eigenvalue weighted by Crippen LogP contribution is -2.45. The molecule has 1 fully saturated rings. The number of nitrogens with one attached hydrogen (secondary N) is 1. The maximum absolute atomic E-state index is 12.4. The molecule has 1 aliphatic heterocycles. The fraction of sp³-hybridized carbons (Fsp3) is 0.385. The molecular weight excluding hydrogens is 440 g/mol. The van der Waals surface area contributed by atoms with Crippen molar-refractivity contribution in [3.05, 3.63) is 74.6 Å². The predicted octanol–water partition coefficient (Wildman–Crippen LogP) is 4.73. The van der Waals surface area contributed by atoms with Crippen molar-refractivity contribution in [1.29, 1.82) is 0 Å². The number of carbonyl (C=O) groups excluding carboxylic acids is 1. The molecule has 0 unspecified atom stereocenters. The maximum atomic E-state index is 12.4. The molecule has 0 bridgehead atoms. The van der Waals surface area contributed by atoms with Crippen LogP contribution in [0.25, 0.3) is 11.0 Å². The second-order valence-corrected chi connectivity index (χ2v) is 8.98. The van der Waals surface area contributed by atoms with Gasteiger partial charge >= 0.3 is 5.63 Å². The van der Waals surface area contributed by atoms with E-state index in [0.717, 1.165) is 49.8 Å². The number of aryl methyl sites for hydroxylation is 1. The van der Waals surface area contributed by atoms with E-state index in [-0.39, 0.29) is 17.6 Å². The zero-order valence-corrected chi connectivity index (χ0v) is 19.8. The Hall–Kier alpha value is -2.83. The van der Waals surface area contributed by atoms with Crippen molar-refractivity contribution >= 4 is 28.5 Å². The van der Waals surface area contributed by atoms with Crippen LogP contribution in [0.2, 0.25) is 5.02 Å². The van der Waals surface area contributed by atoms with Crippen molar-refractivity contribution in [2.45, 2.75) is 39.2 Å². The highest BCUT2D eigenvalue weighted by Gasteiger charge is 2.21. The Balaban J connectivity index is 1.20. The van der Waals surface area contributed by atoms with Crippen LogP contribution in [-0.4, -0.2) is 43.1 Å². The Morgan fingerprint density at radius 1 is 1.15 bits per heavy atom. The second kappa shape index (κ2) is 10.4. The average Bonchev–Trinajstić information content (AvgIpc) is 2.81. The Morgan fingerprint density at radius 2 is 1.91 bits per heavy atom. The number of rotatable bonds is 7. The maximum Gasteiger partial charge on any atom is 0.339 e. The summed E-state index contributed by atoms with van der Waals surface area (Å²) in [6.07, 6.45) is 2.73. The monoisotopic (exact) mass is 468 g/mol. The van der Waals surface area contributed by atoms with Gasteiger partial charge in [-0.25, -0.2) is 4.79 Å². The third-order valence-corrected chi connectivity index (χ3v) is 6.69. The number of nitrogens with zero attached hydrogens (tertiary/aromatic N) is 1. The summed E-state index contributed by atoms with van der Waals surface area (Å²) in [7, 11) is 0. The fourth-order valence-electron chi connectivity index (χ4n) is 4.21. The molecule has 0 saturated carbocycles. The Labute approximate surface area is 198 Å². The van der Waals surface area contributed by atoms with Gasteiger partial charge in [-0.05, 0) is 62.9 Å². The van der Waals surface area contributed by atoms with E-state index in [1.807, 2.05) is 31.2 Å². The Kier molecular flexibility index (Phi) is 7.36. The molecule has 6 nitrogen and oxygen atoms in total. The molecule has 1 saturated heterocycles. The van der Waals surface area contributed by atoms with Crippen LogP contribution in [-0.2, 0) is 0 Å². The smallest absolute Gasteiger partial charge is 0.339 e. The lowest BCUT2D eigenvalue weighted by atomic mass is 10.0. The van der Waals surface area contributed by atoms with Crippen LogP contribution in [0.1, 0.15) is 40.7 Å². The van der Waals surface area contributed by atoms with E-state index >= 15 is 0 Å². The van der Waals surface area contributed by atoms with E-state index in [0.29, 0.717) is 34.1 Å². The molecule has 0 aliphatic carbocycles. The zero-order chi connectivity index (χ0) is 23.4. The first-order valence-corrected chi connectivity index (χ1v) is 11.7. The molecule has 1 aliphatic rings. The summed E-state index contributed by atoms with van der Waals surface area (Å²) >= 11 is 6.12. The summed E-state index contributed by atoms with van der Waals surface area (Å²) in [6.45, 7) is 7.11. The summed E-state index contributed by atoms with van der Waals surface area (Å²) in [4.78, 5) is 26.8. The van der Waals surface area contributed by atoms with Gasteiger partial charge in [0.2, 0.25) is 0 Å². The van der Waals surface area contributed by atoms with Crippen LogP contribution in [0.4, 0.5) is 0 Å². The van der Waals surface area contributed by atoms with Crippen LogP contribution >= 0.6 is 11.6 Å². The lowest BCUT2D eigenvalue weighted by Gasteiger charge is -2.32. The van der Waals surface area contributed by atoms with Crippen molar-refractivity contribution in [3.63, 3.8) is 0 Å². The van der Waals surface area contributed by atoms with Crippen molar-refractivity contribution < 1.29 is 13.9 Å². The SMILES string of the molecule is Cc1c(C)c2ccc(OCCCN3CCC(NC(=O)c4ccccc4Cl)CC3)cc2oc1=O. The molecule has 2 heterocycles. The van der Waals surface area contributed by atoms with Gasteiger partial charge in [0.1, 0.15) is 11.3 Å². The normalized spacial score (nSPS) is 15.0.